The first-order valence-corrected chi connectivity index (χ1v) is 20.7. The Morgan fingerprint density at radius 3 is 2.10 bits per heavy atom. The van der Waals surface area contributed by atoms with Crippen LogP contribution < -0.4 is 3.78 Å². The molecule has 1 aromatic heterocycles. The molecule has 3 nitrogen and oxygen atoms in total. The summed E-state index contributed by atoms with van der Waals surface area (Å²) < 4.78 is 12.4. The molecule has 30 heavy (non-hydrogen) atoms. The Bertz CT molecular complexity index is 543. The van der Waals surface area contributed by atoms with Crippen LogP contribution in [-0.4, -0.2) is 48.4 Å². The Balaban J connectivity index is 1.98. The van der Waals surface area contributed by atoms with Crippen molar-refractivity contribution in [3.63, 3.8) is 0 Å². The fourth-order valence-electron chi connectivity index (χ4n) is 5.24. The zero-order chi connectivity index (χ0) is 21.8. The number of piperidine rings is 1. The number of oxazole rings is 1. The molecule has 0 N–H and O–H groups in total. The molecule has 0 amide bonds. The van der Waals surface area contributed by atoms with Gasteiger partial charge < -0.3 is 0 Å². The van der Waals surface area contributed by atoms with Gasteiger partial charge in [-0.2, -0.15) is 0 Å². The molecular formula is C26H50N2OSn. The zero-order valence-corrected chi connectivity index (χ0v) is 23.7. The quantitative estimate of drug-likeness (QED) is 0.224. The van der Waals surface area contributed by atoms with E-state index in [4.69, 9.17) is 9.40 Å². The van der Waals surface area contributed by atoms with Gasteiger partial charge in [-0.1, -0.05) is 0 Å². The maximum atomic E-state index is 6.63. The molecule has 2 heterocycles. The summed E-state index contributed by atoms with van der Waals surface area (Å²) in [5, 5.41) is 0. The van der Waals surface area contributed by atoms with Crippen LogP contribution in [0.2, 0.25) is 13.3 Å². The van der Waals surface area contributed by atoms with Crippen molar-refractivity contribution >= 4 is 22.2 Å². The molecule has 0 radical (unpaired) electrons. The Morgan fingerprint density at radius 2 is 1.57 bits per heavy atom. The first kappa shape index (κ1) is 26.2. The molecule has 0 spiro atoms. The van der Waals surface area contributed by atoms with E-state index in [1.165, 1.54) is 101 Å². The van der Waals surface area contributed by atoms with E-state index >= 15 is 0 Å². The van der Waals surface area contributed by atoms with Crippen LogP contribution in [0.1, 0.15) is 110 Å². The molecule has 0 bridgehead atoms. The van der Waals surface area contributed by atoms with Crippen molar-refractivity contribution in [2.24, 2.45) is 5.92 Å². The summed E-state index contributed by atoms with van der Waals surface area (Å²) in [5.41, 5.74) is 0. The van der Waals surface area contributed by atoms with Crippen molar-refractivity contribution < 1.29 is 4.42 Å². The van der Waals surface area contributed by atoms with Crippen molar-refractivity contribution in [1.82, 2.24) is 9.88 Å². The minimum atomic E-state index is -2.46. The van der Waals surface area contributed by atoms with Gasteiger partial charge in [0.15, 0.2) is 0 Å². The van der Waals surface area contributed by atoms with Gasteiger partial charge in [0, 0.05) is 0 Å². The Labute approximate surface area is 191 Å². The van der Waals surface area contributed by atoms with Gasteiger partial charge in [-0.05, 0) is 0 Å². The molecule has 174 valence electrons. The fourth-order valence-corrected chi connectivity index (χ4v) is 20.2. The SMILES string of the molecule is CCC[CH2][Sn]([CH2]CCC)([CH2]CCC)[c]1cnc(C(C)CCCC2CCN(C)CC2)o1. The van der Waals surface area contributed by atoms with E-state index < -0.39 is 18.4 Å². The number of rotatable bonds is 15. The molecule has 1 aromatic rings. The van der Waals surface area contributed by atoms with Crippen LogP contribution >= 0.6 is 0 Å². The summed E-state index contributed by atoms with van der Waals surface area (Å²) >= 11 is -2.46. The third-order valence-electron chi connectivity index (χ3n) is 7.58. The first-order chi connectivity index (χ1) is 14.5. The summed E-state index contributed by atoms with van der Waals surface area (Å²) in [6.45, 7) is 11.9. The molecular weight excluding hydrogens is 475 g/mol. The molecule has 4 heteroatoms. The van der Waals surface area contributed by atoms with Gasteiger partial charge in [0.25, 0.3) is 0 Å². The van der Waals surface area contributed by atoms with Gasteiger partial charge >= 0.3 is 192 Å². The first-order valence-electron chi connectivity index (χ1n) is 13.2. The predicted octanol–water partition coefficient (Wildman–Crippen LogP) is 7.35. The topological polar surface area (TPSA) is 29.3 Å². The van der Waals surface area contributed by atoms with Crippen LogP contribution in [0.5, 0.6) is 0 Å². The van der Waals surface area contributed by atoms with Gasteiger partial charge in [-0.3, -0.25) is 0 Å². The number of hydrogen-bond acceptors (Lipinski definition) is 3. The second-order valence-electron chi connectivity index (χ2n) is 10.2. The second kappa shape index (κ2) is 14.2. The third kappa shape index (κ3) is 8.15. The van der Waals surface area contributed by atoms with E-state index in [2.05, 4.69) is 45.8 Å². The average molecular weight is 525 g/mol. The second-order valence-corrected chi connectivity index (χ2v) is 23.2. The van der Waals surface area contributed by atoms with Crippen molar-refractivity contribution in [2.45, 2.75) is 118 Å². The number of unbranched alkanes of at least 4 members (excludes halogenated alkanes) is 3. The third-order valence-corrected chi connectivity index (χ3v) is 22.4. The van der Waals surface area contributed by atoms with Crippen LogP contribution in [0.3, 0.4) is 0 Å². The van der Waals surface area contributed by atoms with E-state index in [0.717, 1.165) is 11.8 Å². The number of likely N-dealkylation sites (tertiary alicyclic amines) is 1. The monoisotopic (exact) mass is 526 g/mol. The van der Waals surface area contributed by atoms with Gasteiger partial charge in [0.1, 0.15) is 0 Å². The van der Waals surface area contributed by atoms with Crippen molar-refractivity contribution in [3.05, 3.63) is 12.1 Å². The van der Waals surface area contributed by atoms with E-state index in [9.17, 15) is 0 Å². The van der Waals surface area contributed by atoms with E-state index in [-0.39, 0.29) is 0 Å². The van der Waals surface area contributed by atoms with E-state index in [1.54, 1.807) is 0 Å². The van der Waals surface area contributed by atoms with Crippen LogP contribution in [0.4, 0.5) is 0 Å². The van der Waals surface area contributed by atoms with Crippen molar-refractivity contribution in [3.8, 4) is 0 Å². The Kier molecular flexibility index (Phi) is 12.4. The standard InChI is InChI=1S/C14H23N2O.3C4H9.Sn/c1-12(14-15-8-11-17-14)4-3-5-13-6-9-16(2)10-7-13;3*1-3-4-2;/h8,12-13H,3-7,9-10H2,1-2H3;3*1,3-4H2,2H3;. The average Bonchev–Trinajstić information content (AvgIpc) is 3.26. The predicted molar refractivity (Wildman–Crippen MR) is 134 cm³/mol. The zero-order valence-electron chi connectivity index (χ0n) is 20.8. The molecule has 1 saturated heterocycles. The molecule has 1 aliphatic heterocycles. The van der Waals surface area contributed by atoms with Crippen molar-refractivity contribution in [2.75, 3.05) is 20.1 Å². The van der Waals surface area contributed by atoms with E-state index in [0.29, 0.717) is 5.92 Å². The molecule has 0 aromatic carbocycles. The molecule has 1 unspecified atom stereocenters. The molecule has 1 fully saturated rings. The van der Waals surface area contributed by atoms with Crippen LogP contribution in [-0.2, 0) is 0 Å². The van der Waals surface area contributed by atoms with Gasteiger partial charge in [-0.15, -0.1) is 0 Å². The van der Waals surface area contributed by atoms with Crippen LogP contribution in [0.15, 0.2) is 10.6 Å². The summed E-state index contributed by atoms with van der Waals surface area (Å²) in [5.74, 6) is 2.45. The molecule has 1 atom stereocenters. The minimum absolute atomic E-state index is 0.470. The summed E-state index contributed by atoms with van der Waals surface area (Å²) in [7, 11) is 2.25. The van der Waals surface area contributed by atoms with Crippen molar-refractivity contribution in [1.29, 1.82) is 0 Å². The molecule has 0 aliphatic carbocycles. The molecule has 2 rings (SSSR count). The number of aromatic nitrogens is 1. The Hall–Kier alpha value is -0.0313. The Morgan fingerprint density at radius 1 is 1.00 bits per heavy atom. The molecule has 0 saturated carbocycles. The van der Waals surface area contributed by atoms with E-state index in [1.807, 2.05) is 0 Å². The summed E-state index contributed by atoms with van der Waals surface area (Å²) in [6.07, 6.45) is 17.0. The van der Waals surface area contributed by atoms with Gasteiger partial charge in [-0.25, -0.2) is 0 Å². The number of hydrogen-bond donors (Lipinski definition) is 0. The normalized spacial score (nSPS) is 17.5. The maximum absolute atomic E-state index is 6.63. The summed E-state index contributed by atoms with van der Waals surface area (Å²) in [4.78, 5) is 7.33. The fraction of sp³-hybridized carbons (Fsp3) is 0.885. The van der Waals surface area contributed by atoms with Crippen LogP contribution in [0, 0.1) is 5.92 Å². The molecule has 1 aliphatic rings. The van der Waals surface area contributed by atoms with Crippen LogP contribution in [0.25, 0.3) is 0 Å². The summed E-state index contributed by atoms with van der Waals surface area (Å²) in [6, 6.07) is 0. The number of nitrogens with zero attached hydrogens (tertiary/aromatic N) is 2. The van der Waals surface area contributed by atoms with Gasteiger partial charge in [0.2, 0.25) is 0 Å². The van der Waals surface area contributed by atoms with Gasteiger partial charge in [0.05, 0.1) is 0 Å².